The average molecular weight is 391 g/mol. The molecular formula is C23H25N3O3. The highest BCUT2D eigenvalue weighted by molar-refractivity contribution is 5.96. The maximum atomic E-state index is 12.6. The molecule has 0 saturated heterocycles. The topological polar surface area (TPSA) is 73.2 Å². The van der Waals surface area contributed by atoms with E-state index < -0.39 is 5.97 Å². The molecule has 1 aromatic heterocycles. The van der Waals surface area contributed by atoms with E-state index in [1.165, 1.54) is 0 Å². The lowest BCUT2D eigenvalue weighted by Crippen LogP contribution is -2.22. The molecular weight excluding hydrogens is 366 g/mol. The van der Waals surface area contributed by atoms with E-state index in [0.29, 0.717) is 29.2 Å². The molecule has 0 aliphatic rings. The predicted molar refractivity (Wildman–Crippen MR) is 112 cm³/mol. The first-order valence-electron chi connectivity index (χ1n) is 9.47. The molecule has 1 N–H and O–H groups in total. The van der Waals surface area contributed by atoms with Crippen LogP contribution in [-0.4, -0.2) is 28.3 Å². The lowest BCUT2D eigenvalue weighted by molar-refractivity contribution is -0.119. The maximum absolute atomic E-state index is 12.6. The molecule has 1 amide bonds. The Morgan fingerprint density at radius 1 is 1.03 bits per heavy atom. The molecule has 6 heteroatoms. The van der Waals surface area contributed by atoms with Crippen molar-refractivity contribution >= 4 is 17.6 Å². The summed E-state index contributed by atoms with van der Waals surface area (Å²) in [6, 6.07) is 15.6. The number of hydrogen-bond acceptors (Lipinski definition) is 4. The highest BCUT2D eigenvalue weighted by atomic mass is 16.5. The zero-order valence-corrected chi connectivity index (χ0v) is 17.2. The summed E-state index contributed by atoms with van der Waals surface area (Å²) in [6.07, 6.45) is 0. The minimum Gasteiger partial charge on any atom is -0.452 e. The fourth-order valence-electron chi connectivity index (χ4n) is 3.25. The third kappa shape index (κ3) is 4.90. The van der Waals surface area contributed by atoms with Gasteiger partial charge in [-0.3, -0.25) is 9.48 Å². The van der Waals surface area contributed by atoms with Crippen molar-refractivity contribution in [3.8, 4) is 0 Å². The van der Waals surface area contributed by atoms with Crippen LogP contribution in [0.4, 0.5) is 5.69 Å². The molecule has 0 saturated carbocycles. The van der Waals surface area contributed by atoms with Crippen LogP contribution < -0.4 is 5.32 Å². The Hall–Kier alpha value is -3.41. The molecule has 150 valence electrons. The van der Waals surface area contributed by atoms with Gasteiger partial charge in [-0.05, 0) is 44.9 Å². The Balaban J connectivity index is 1.64. The van der Waals surface area contributed by atoms with E-state index in [1.54, 1.807) is 11.6 Å². The minimum absolute atomic E-state index is 0.352. The Labute approximate surface area is 170 Å². The van der Waals surface area contributed by atoms with E-state index in [2.05, 4.69) is 10.4 Å². The lowest BCUT2D eigenvalue weighted by atomic mass is 10.1. The SMILES string of the molecule is Cc1ccc(NC(=O)COC(=O)c2c(C)nn(Cc3ccccc3)c2C)c(C)c1. The molecule has 0 unspecified atom stereocenters. The van der Waals surface area contributed by atoms with E-state index in [-0.39, 0.29) is 12.5 Å². The Morgan fingerprint density at radius 2 is 1.76 bits per heavy atom. The number of amides is 1. The summed E-state index contributed by atoms with van der Waals surface area (Å²) in [6.45, 7) is 7.71. The van der Waals surface area contributed by atoms with Crippen molar-refractivity contribution in [1.29, 1.82) is 0 Å². The van der Waals surface area contributed by atoms with Gasteiger partial charge in [0.1, 0.15) is 5.56 Å². The first-order valence-corrected chi connectivity index (χ1v) is 9.47. The van der Waals surface area contributed by atoms with Crippen LogP contribution in [0.5, 0.6) is 0 Å². The normalized spacial score (nSPS) is 10.6. The van der Waals surface area contributed by atoms with Gasteiger partial charge in [0.15, 0.2) is 6.61 Å². The predicted octanol–water partition coefficient (Wildman–Crippen LogP) is 3.96. The second-order valence-electron chi connectivity index (χ2n) is 7.13. The van der Waals surface area contributed by atoms with Crippen molar-refractivity contribution in [2.45, 2.75) is 34.2 Å². The van der Waals surface area contributed by atoms with Crippen molar-refractivity contribution in [1.82, 2.24) is 9.78 Å². The first kappa shape index (κ1) is 20.3. The number of nitrogens with one attached hydrogen (secondary N) is 1. The molecule has 3 rings (SSSR count). The molecule has 3 aromatic rings. The number of carbonyl (C=O) groups is 2. The Kier molecular flexibility index (Phi) is 6.12. The van der Waals surface area contributed by atoms with Gasteiger partial charge in [0, 0.05) is 5.69 Å². The van der Waals surface area contributed by atoms with Crippen molar-refractivity contribution < 1.29 is 14.3 Å². The summed E-state index contributed by atoms with van der Waals surface area (Å²) >= 11 is 0. The fourth-order valence-corrected chi connectivity index (χ4v) is 3.25. The van der Waals surface area contributed by atoms with E-state index >= 15 is 0 Å². The number of aromatic nitrogens is 2. The zero-order valence-electron chi connectivity index (χ0n) is 17.2. The highest BCUT2D eigenvalue weighted by Gasteiger charge is 2.21. The molecule has 2 aromatic carbocycles. The number of hydrogen-bond donors (Lipinski definition) is 1. The second kappa shape index (κ2) is 8.73. The second-order valence-corrected chi connectivity index (χ2v) is 7.13. The molecule has 0 aliphatic carbocycles. The molecule has 0 radical (unpaired) electrons. The molecule has 0 spiro atoms. The van der Waals surface area contributed by atoms with Crippen LogP contribution in [0.2, 0.25) is 0 Å². The van der Waals surface area contributed by atoms with Crippen molar-refractivity contribution in [3.05, 3.63) is 82.2 Å². The molecule has 0 atom stereocenters. The van der Waals surface area contributed by atoms with Gasteiger partial charge in [-0.15, -0.1) is 0 Å². The highest BCUT2D eigenvalue weighted by Crippen LogP contribution is 2.17. The van der Waals surface area contributed by atoms with Gasteiger partial charge in [-0.25, -0.2) is 4.79 Å². The van der Waals surface area contributed by atoms with E-state index in [9.17, 15) is 9.59 Å². The number of aryl methyl sites for hydroxylation is 3. The summed E-state index contributed by atoms with van der Waals surface area (Å²) in [5, 5.41) is 7.23. The number of benzene rings is 2. The fraction of sp³-hybridized carbons (Fsp3) is 0.261. The van der Waals surface area contributed by atoms with Gasteiger partial charge in [0.25, 0.3) is 5.91 Å². The summed E-state index contributed by atoms with van der Waals surface area (Å²) in [5.74, 6) is -0.924. The Morgan fingerprint density at radius 3 is 2.45 bits per heavy atom. The number of esters is 1. The summed E-state index contributed by atoms with van der Waals surface area (Å²) in [5.41, 5.74) is 5.57. The molecule has 0 bridgehead atoms. The average Bonchev–Trinajstić information content (AvgIpc) is 2.96. The minimum atomic E-state index is -0.546. The zero-order chi connectivity index (χ0) is 21.0. The van der Waals surface area contributed by atoms with Crippen LogP contribution in [0.3, 0.4) is 0 Å². The third-order valence-electron chi connectivity index (χ3n) is 4.75. The number of ether oxygens (including phenoxy) is 1. The smallest absolute Gasteiger partial charge is 0.342 e. The lowest BCUT2D eigenvalue weighted by Gasteiger charge is -2.10. The number of rotatable bonds is 6. The van der Waals surface area contributed by atoms with E-state index in [0.717, 1.165) is 16.7 Å². The van der Waals surface area contributed by atoms with E-state index in [1.807, 2.05) is 69.3 Å². The van der Waals surface area contributed by atoms with Crippen molar-refractivity contribution in [3.63, 3.8) is 0 Å². The van der Waals surface area contributed by atoms with Crippen LogP contribution in [0.25, 0.3) is 0 Å². The number of anilines is 1. The van der Waals surface area contributed by atoms with Gasteiger partial charge in [-0.1, -0.05) is 48.0 Å². The maximum Gasteiger partial charge on any atom is 0.342 e. The monoisotopic (exact) mass is 391 g/mol. The van der Waals surface area contributed by atoms with Crippen LogP contribution in [0.1, 0.15) is 38.4 Å². The van der Waals surface area contributed by atoms with E-state index in [4.69, 9.17) is 4.74 Å². The Bertz CT molecular complexity index is 1040. The van der Waals surface area contributed by atoms with Crippen molar-refractivity contribution in [2.75, 3.05) is 11.9 Å². The standard InChI is InChI=1S/C23H25N3O3/c1-15-10-11-20(16(2)12-15)24-21(27)14-29-23(28)22-17(3)25-26(18(22)4)13-19-8-6-5-7-9-19/h5-12H,13-14H2,1-4H3,(H,24,27). The summed E-state index contributed by atoms with van der Waals surface area (Å²) < 4.78 is 7.02. The number of nitrogens with zero attached hydrogens (tertiary/aromatic N) is 2. The van der Waals surface area contributed by atoms with Crippen LogP contribution in [0, 0.1) is 27.7 Å². The first-order chi connectivity index (χ1) is 13.8. The van der Waals surface area contributed by atoms with Crippen LogP contribution in [0.15, 0.2) is 48.5 Å². The number of carbonyl (C=O) groups excluding carboxylic acids is 2. The molecule has 0 fully saturated rings. The molecule has 1 heterocycles. The third-order valence-corrected chi connectivity index (χ3v) is 4.75. The van der Waals surface area contributed by atoms with Gasteiger partial charge in [0.05, 0.1) is 17.9 Å². The quantitative estimate of drug-likeness (QED) is 0.646. The molecule has 0 aliphatic heterocycles. The van der Waals surface area contributed by atoms with Gasteiger partial charge in [-0.2, -0.15) is 5.10 Å². The summed E-state index contributed by atoms with van der Waals surface area (Å²) in [7, 11) is 0. The van der Waals surface area contributed by atoms with Crippen LogP contribution >= 0.6 is 0 Å². The van der Waals surface area contributed by atoms with Crippen molar-refractivity contribution in [2.24, 2.45) is 0 Å². The molecule has 29 heavy (non-hydrogen) atoms. The largest absolute Gasteiger partial charge is 0.452 e. The van der Waals surface area contributed by atoms with Gasteiger partial charge in [0.2, 0.25) is 0 Å². The van der Waals surface area contributed by atoms with Gasteiger partial charge < -0.3 is 10.1 Å². The van der Waals surface area contributed by atoms with Crippen LogP contribution in [-0.2, 0) is 16.1 Å². The van der Waals surface area contributed by atoms with Gasteiger partial charge >= 0.3 is 5.97 Å². The summed E-state index contributed by atoms with van der Waals surface area (Å²) in [4.78, 5) is 24.8. The molecule has 6 nitrogen and oxygen atoms in total.